The van der Waals surface area contributed by atoms with Crippen LogP contribution in [-0.4, -0.2) is 37.4 Å². The lowest BCUT2D eigenvalue weighted by atomic mass is 10.1. The molecule has 0 saturated carbocycles. The van der Waals surface area contributed by atoms with E-state index in [2.05, 4.69) is 56.1 Å². The number of benzene rings is 2. The third-order valence-electron chi connectivity index (χ3n) is 4.08. The Labute approximate surface area is 139 Å². The van der Waals surface area contributed by atoms with Crippen LogP contribution in [0.3, 0.4) is 0 Å². The van der Waals surface area contributed by atoms with E-state index in [-0.39, 0.29) is 0 Å². The second-order valence-electron chi connectivity index (χ2n) is 5.57. The normalized spacial score (nSPS) is 15.8. The van der Waals surface area contributed by atoms with Gasteiger partial charge in [0.2, 0.25) is 0 Å². The molecule has 0 unspecified atom stereocenters. The summed E-state index contributed by atoms with van der Waals surface area (Å²) in [5, 5.41) is 0. The highest BCUT2D eigenvalue weighted by Crippen LogP contribution is 2.24. The number of hydrogen-bond donors (Lipinski definition) is 0. The van der Waals surface area contributed by atoms with Crippen molar-refractivity contribution in [3.8, 4) is 0 Å². The molecule has 2 aromatic carbocycles. The average Bonchev–Trinajstić information content (AvgIpc) is 2.56. The summed E-state index contributed by atoms with van der Waals surface area (Å²) in [5.74, 6) is 0. The summed E-state index contributed by atoms with van der Waals surface area (Å²) in [5.41, 5.74) is 3.15. The average molecular weight is 359 g/mol. The van der Waals surface area contributed by atoms with Crippen molar-refractivity contribution in [1.82, 2.24) is 4.90 Å². The van der Waals surface area contributed by atoms with E-state index in [9.17, 15) is 4.79 Å². The minimum atomic E-state index is 0.755. The van der Waals surface area contributed by atoms with Gasteiger partial charge in [0, 0.05) is 48.4 Å². The summed E-state index contributed by atoms with van der Waals surface area (Å²) in [6, 6.07) is 16.5. The van der Waals surface area contributed by atoms with Crippen molar-refractivity contribution in [2.24, 2.45) is 0 Å². The van der Waals surface area contributed by atoms with E-state index in [1.807, 2.05) is 18.2 Å². The number of carbonyl (C=O) groups excluding carboxylic acids is 1. The van der Waals surface area contributed by atoms with Crippen LogP contribution in [0, 0.1) is 0 Å². The molecule has 1 saturated heterocycles. The molecule has 114 valence electrons. The van der Waals surface area contributed by atoms with Crippen LogP contribution in [-0.2, 0) is 6.54 Å². The molecule has 0 bridgehead atoms. The maximum atomic E-state index is 11.3. The first kappa shape index (κ1) is 15.3. The molecule has 1 heterocycles. The first-order chi connectivity index (χ1) is 10.8. The van der Waals surface area contributed by atoms with Crippen LogP contribution in [0.25, 0.3) is 0 Å². The Kier molecular flexibility index (Phi) is 4.90. The Balaban J connectivity index is 1.63. The molecular weight excluding hydrogens is 340 g/mol. The molecule has 2 aromatic rings. The Morgan fingerprint density at radius 2 is 1.73 bits per heavy atom. The Bertz CT molecular complexity index is 637. The van der Waals surface area contributed by atoms with Crippen LogP contribution >= 0.6 is 15.9 Å². The van der Waals surface area contributed by atoms with Gasteiger partial charge in [0.1, 0.15) is 0 Å². The number of anilines is 1. The van der Waals surface area contributed by atoms with Crippen LogP contribution in [0.5, 0.6) is 0 Å². The molecule has 4 heteroatoms. The van der Waals surface area contributed by atoms with Crippen molar-refractivity contribution < 1.29 is 4.79 Å². The first-order valence-corrected chi connectivity index (χ1v) is 8.31. The lowest BCUT2D eigenvalue weighted by Gasteiger charge is -2.36. The SMILES string of the molecule is O=Cc1cc(Br)ccc1N1CCN(Cc2ccccc2)CC1. The van der Waals surface area contributed by atoms with Gasteiger partial charge in [-0.25, -0.2) is 0 Å². The third-order valence-corrected chi connectivity index (χ3v) is 4.57. The van der Waals surface area contributed by atoms with Gasteiger partial charge >= 0.3 is 0 Å². The molecule has 0 N–H and O–H groups in total. The summed E-state index contributed by atoms with van der Waals surface area (Å²) >= 11 is 3.42. The van der Waals surface area contributed by atoms with Crippen LogP contribution in [0.4, 0.5) is 5.69 Å². The lowest BCUT2D eigenvalue weighted by molar-refractivity contribution is 0.112. The van der Waals surface area contributed by atoms with E-state index < -0.39 is 0 Å². The highest BCUT2D eigenvalue weighted by molar-refractivity contribution is 9.10. The van der Waals surface area contributed by atoms with Crippen molar-refractivity contribution in [3.63, 3.8) is 0 Å². The summed E-state index contributed by atoms with van der Waals surface area (Å²) in [6.07, 6.45) is 0.941. The molecule has 0 amide bonds. The molecule has 22 heavy (non-hydrogen) atoms. The lowest BCUT2D eigenvalue weighted by Crippen LogP contribution is -2.46. The highest BCUT2D eigenvalue weighted by atomic mass is 79.9. The number of rotatable bonds is 4. The standard InChI is InChI=1S/C18H19BrN2O/c19-17-6-7-18(16(12-17)14-22)21-10-8-20(9-11-21)13-15-4-2-1-3-5-15/h1-7,12,14H,8-11,13H2. The maximum Gasteiger partial charge on any atom is 0.152 e. The second kappa shape index (κ2) is 7.07. The first-order valence-electron chi connectivity index (χ1n) is 7.52. The molecular formula is C18H19BrN2O. The molecule has 1 aliphatic rings. The number of nitrogens with zero attached hydrogens (tertiary/aromatic N) is 2. The minimum Gasteiger partial charge on any atom is -0.368 e. The van der Waals surface area contributed by atoms with E-state index >= 15 is 0 Å². The van der Waals surface area contributed by atoms with Gasteiger partial charge < -0.3 is 4.90 Å². The number of carbonyl (C=O) groups is 1. The van der Waals surface area contributed by atoms with E-state index in [0.717, 1.165) is 54.7 Å². The maximum absolute atomic E-state index is 11.3. The molecule has 0 aromatic heterocycles. The van der Waals surface area contributed by atoms with Crippen LogP contribution in [0.1, 0.15) is 15.9 Å². The van der Waals surface area contributed by atoms with E-state index in [1.54, 1.807) is 0 Å². The quantitative estimate of drug-likeness (QED) is 0.780. The molecule has 3 rings (SSSR count). The van der Waals surface area contributed by atoms with Crippen molar-refractivity contribution in [1.29, 1.82) is 0 Å². The van der Waals surface area contributed by atoms with Crippen molar-refractivity contribution in [3.05, 3.63) is 64.1 Å². The summed E-state index contributed by atoms with van der Waals surface area (Å²) in [4.78, 5) is 16.0. The van der Waals surface area contributed by atoms with E-state index in [1.165, 1.54) is 5.56 Å². The zero-order valence-corrected chi connectivity index (χ0v) is 14.0. The van der Waals surface area contributed by atoms with Crippen molar-refractivity contribution in [2.75, 3.05) is 31.1 Å². The molecule has 1 aliphatic heterocycles. The molecule has 0 radical (unpaired) electrons. The fourth-order valence-corrected chi connectivity index (χ4v) is 3.28. The topological polar surface area (TPSA) is 23.6 Å². The summed E-state index contributed by atoms with van der Waals surface area (Å²) in [7, 11) is 0. The van der Waals surface area contributed by atoms with Crippen LogP contribution < -0.4 is 4.90 Å². The molecule has 1 fully saturated rings. The summed E-state index contributed by atoms with van der Waals surface area (Å²) in [6.45, 7) is 4.94. The fraction of sp³-hybridized carbons (Fsp3) is 0.278. The zero-order chi connectivity index (χ0) is 15.4. The van der Waals surface area contributed by atoms with Crippen LogP contribution in [0.2, 0.25) is 0 Å². The van der Waals surface area contributed by atoms with Gasteiger partial charge in [-0.1, -0.05) is 46.3 Å². The number of hydrogen-bond acceptors (Lipinski definition) is 3. The Morgan fingerprint density at radius 3 is 2.41 bits per heavy atom. The Morgan fingerprint density at radius 1 is 1.00 bits per heavy atom. The predicted octanol–water partition coefficient (Wildman–Crippen LogP) is 3.58. The monoisotopic (exact) mass is 358 g/mol. The number of aldehydes is 1. The van der Waals surface area contributed by atoms with Crippen molar-refractivity contribution in [2.45, 2.75) is 6.54 Å². The summed E-state index contributed by atoms with van der Waals surface area (Å²) < 4.78 is 0.945. The van der Waals surface area contributed by atoms with Crippen molar-refractivity contribution >= 4 is 27.9 Å². The van der Waals surface area contributed by atoms with Gasteiger partial charge in [0.15, 0.2) is 6.29 Å². The minimum absolute atomic E-state index is 0.755. The van der Waals surface area contributed by atoms with Gasteiger partial charge in [-0.2, -0.15) is 0 Å². The molecule has 0 spiro atoms. The smallest absolute Gasteiger partial charge is 0.152 e. The van der Waals surface area contributed by atoms with E-state index in [0.29, 0.717) is 0 Å². The van der Waals surface area contributed by atoms with Gasteiger partial charge in [-0.05, 0) is 23.8 Å². The zero-order valence-electron chi connectivity index (χ0n) is 12.4. The number of halogens is 1. The van der Waals surface area contributed by atoms with E-state index in [4.69, 9.17) is 0 Å². The molecule has 3 nitrogen and oxygen atoms in total. The molecule has 0 atom stereocenters. The van der Waals surface area contributed by atoms with Crippen LogP contribution in [0.15, 0.2) is 53.0 Å². The highest BCUT2D eigenvalue weighted by Gasteiger charge is 2.19. The third kappa shape index (κ3) is 3.57. The van der Waals surface area contributed by atoms with Gasteiger partial charge in [-0.3, -0.25) is 9.69 Å². The number of piperazine rings is 1. The van der Waals surface area contributed by atoms with Gasteiger partial charge in [0.25, 0.3) is 0 Å². The molecule has 0 aliphatic carbocycles. The van der Waals surface area contributed by atoms with Gasteiger partial charge in [-0.15, -0.1) is 0 Å². The van der Waals surface area contributed by atoms with Gasteiger partial charge in [0.05, 0.1) is 0 Å². The largest absolute Gasteiger partial charge is 0.368 e. The fourth-order valence-electron chi connectivity index (χ4n) is 2.90. The predicted molar refractivity (Wildman–Crippen MR) is 93.5 cm³/mol. The second-order valence-corrected chi connectivity index (χ2v) is 6.49. The Hall–Kier alpha value is -1.65.